The van der Waals surface area contributed by atoms with Crippen molar-refractivity contribution in [3.8, 4) is 5.69 Å². The van der Waals surface area contributed by atoms with E-state index in [2.05, 4.69) is 26.0 Å². The van der Waals surface area contributed by atoms with E-state index in [4.69, 9.17) is 0 Å². The minimum Gasteiger partial charge on any atom is -1.00 e. The van der Waals surface area contributed by atoms with Crippen LogP contribution in [0, 0.1) is 13.8 Å². The molecule has 2 aromatic carbocycles. The molecule has 0 spiro atoms. The molecule has 0 saturated carbocycles. The van der Waals surface area contributed by atoms with Crippen LogP contribution >= 0.6 is 0 Å². The van der Waals surface area contributed by atoms with Crippen LogP contribution in [-0.2, 0) is 17.8 Å². The third-order valence-electron chi connectivity index (χ3n) is 4.12. The summed E-state index contributed by atoms with van der Waals surface area (Å²) in [7, 11) is 0. The van der Waals surface area contributed by atoms with Crippen LogP contribution in [0.1, 0.15) is 16.7 Å². The number of Topliss-reactive ketones (excluding diaryl/α,β-unsaturated/α-hetero) is 1. The van der Waals surface area contributed by atoms with Crippen molar-refractivity contribution in [3.63, 3.8) is 0 Å². The molecule has 124 valence electrons. The number of ketones is 1. The van der Waals surface area contributed by atoms with Crippen LogP contribution in [-0.4, -0.2) is 10.4 Å². The lowest BCUT2D eigenvalue weighted by atomic mass is 9.98. The summed E-state index contributed by atoms with van der Waals surface area (Å²) in [5.41, 5.74) is 4.62. The average Bonchev–Trinajstić information content (AvgIpc) is 3.00. The first-order valence-electron chi connectivity index (χ1n) is 7.83. The maximum Gasteiger partial charge on any atom is 0.249 e. The topological polar surface area (TPSA) is 25.9 Å². The zero-order valence-electron chi connectivity index (χ0n) is 13.9. The fraction of sp³-hybridized carbons (Fsp3) is 0.200. The first-order valence-corrected chi connectivity index (χ1v) is 7.83. The maximum atomic E-state index is 12.4. The molecule has 0 atom stereocenters. The summed E-state index contributed by atoms with van der Waals surface area (Å²) in [5, 5.41) is 0. The van der Waals surface area contributed by atoms with Gasteiger partial charge in [0.05, 0.1) is 0 Å². The molecule has 3 rings (SSSR count). The number of carbonyl (C=O) groups excluding carboxylic acids is 1. The summed E-state index contributed by atoms with van der Waals surface area (Å²) in [4.78, 5) is 12.4. The molecule has 0 aliphatic rings. The number of hydrogen-bond acceptors (Lipinski definition) is 1. The van der Waals surface area contributed by atoms with E-state index >= 15 is 0 Å². The summed E-state index contributed by atoms with van der Waals surface area (Å²) < 4.78 is 3.95. The van der Waals surface area contributed by atoms with Crippen molar-refractivity contribution >= 4 is 5.78 Å². The highest BCUT2D eigenvalue weighted by atomic mass is 79.9. The summed E-state index contributed by atoms with van der Waals surface area (Å²) in [6.45, 7) is 4.52. The van der Waals surface area contributed by atoms with Crippen molar-refractivity contribution in [3.05, 3.63) is 83.9 Å². The van der Waals surface area contributed by atoms with Crippen LogP contribution in [0.15, 0.2) is 67.3 Å². The second-order valence-electron chi connectivity index (χ2n) is 5.91. The van der Waals surface area contributed by atoms with E-state index in [1.165, 1.54) is 11.1 Å². The van der Waals surface area contributed by atoms with Gasteiger partial charge in [-0.3, -0.25) is 4.79 Å². The predicted octanol–water partition coefficient (Wildman–Crippen LogP) is 0.197. The van der Waals surface area contributed by atoms with E-state index in [-0.39, 0.29) is 22.8 Å². The molecule has 0 N–H and O–H groups in total. The summed E-state index contributed by atoms with van der Waals surface area (Å²) in [6.07, 6.45) is 6.36. The van der Waals surface area contributed by atoms with Gasteiger partial charge < -0.3 is 17.0 Å². The molecule has 3 aromatic rings. The van der Waals surface area contributed by atoms with Crippen molar-refractivity contribution in [2.75, 3.05) is 0 Å². The number of rotatable bonds is 5. The van der Waals surface area contributed by atoms with Crippen molar-refractivity contribution in [1.29, 1.82) is 0 Å². The molecule has 0 aliphatic heterocycles. The number of aromatic nitrogens is 2. The highest BCUT2D eigenvalue weighted by Gasteiger charge is 2.13. The minimum absolute atomic E-state index is 0. The summed E-state index contributed by atoms with van der Waals surface area (Å²) >= 11 is 0. The Kier molecular flexibility index (Phi) is 6.10. The number of benzene rings is 2. The van der Waals surface area contributed by atoms with E-state index in [0.29, 0.717) is 13.0 Å². The number of carbonyl (C=O) groups is 1. The van der Waals surface area contributed by atoms with Gasteiger partial charge in [-0.2, -0.15) is 0 Å². The number of nitrogens with zero attached hydrogens (tertiary/aromatic N) is 2. The van der Waals surface area contributed by atoms with E-state index in [9.17, 15) is 4.79 Å². The van der Waals surface area contributed by atoms with Crippen molar-refractivity contribution in [1.82, 2.24) is 4.57 Å². The van der Waals surface area contributed by atoms with Crippen LogP contribution in [0.25, 0.3) is 5.69 Å². The average molecular weight is 385 g/mol. The van der Waals surface area contributed by atoms with Crippen LogP contribution < -0.4 is 21.5 Å². The SMILES string of the molecule is Cc1cccc(C)c1CC(=O)C[n+]1ccn(-c2ccccc2)c1.[Br-]. The molecule has 4 heteroatoms. The maximum absolute atomic E-state index is 12.4. The second-order valence-corrected chi connectivity index (χ2v) is 5.91. The van der Waals surface area contributed by atoms with E-state index < -0.39 is 0 Å². The van der Waals surface area contributed by atoms with Crippen molar-refractivity contribution in [2.24, 2.45) is 0 Å². The monoisotopic (exact) mass is 384 g/mol. The molecule has 1 aromatic heterocycles. The van der Waals surface area contributed by atoms with Gasteiger partial charge in [0, 0.05) is 6.42 Å². The van der Waals surface area contributed by atoms with Crippen LogP contribution in [0.3, 0.4) is 0 Å². The van der Waals surface area contributed by atoms with Gasteiger partial charge in [-0.05, 0) is 42.7 Å². The lowest BCUT2D eigenvalue weighted by molar-refractivity contribution is -0.683. The van der Waals surface area contributed by atoms with Gasteiger partial charge in [0.25, 0.3) is 0 Å². The molecule has 0 unspecified atom stereocenters. The van der Waals surface area contributed by atoms with Gasteiger partial charge >= 0.3 is 0 Å². The molecule has 0 aliphatic carbocycles. The molecular weight excluding hydrogens is 364 g/mol. The first-order chi connectivity index (χ1) is 11.1. The molecule has 3 nitrogen and oxygen atoms in total. The largest absolute Gasteiger partial charge is 1.00 e. The number of halogens is 1. The zero-order chi connectivity index (χ0) is 16.2. The molecule has 0 amide bonds. The number of para-hydroxylation sites is 1. The molecule has 0 radical (unpaired) electrons. The normalized spacial score (nSPS) is 10.2. The van der Waals surface area contributed by atoms with Gasteiger partial charge in [-0.25, -0.2) is 9.13 Å². The molecule has 0 bridgehead atoms. The van der Waals surface area contributed by atoms with Crippen molar-refractivity contribution < 1.29 is 26.3 Å². The van der Waals surface area contributed by atoms with E-state index in [1.54, 1.807) is 0 Å². The summed E-state index contributed by atoms with van der Waals surface area (Å²) in [6, 6.07) is 16.3. The van der Waals surface area contributed by atoms with Gasteiger partial charge in [0.15, 0.2) is 5.78 Å². The minimum atomic E-state index is 0. The number of aryl methyl sites for hydroxylation is 2. The predicted molar refractivity (Wildman–Crippen MR) is 90.6 cm³/mol. The Bertz CT molecular complexity index is 804. The number of hydrogen-bond donors (Lipinski definition) is 0. The lowest BCUT2D eigenvalue weighted by Gasteiger charge is -2.07. The fourth-order valence-corrected chi connectivity index (χ4v) is 2.83. The van der Waals surface area contributed by atoms with Crippen LogP contribution in [0.2, 0.25) is 0 Å². The Hall–Kier alpha value is -2.20. The summed E-state index contributed by atoms with van der Waals surface area (Å²) in [5.74, 6) is 0.221. The van der Waals surface area contributed by atoms with Crippen LogP contribution in [0.4, 0.5) is 0 Å². The third kappa shape index (κ3) is 4.20. The standard InChI is InChI=1S/C20H21N2O.BrH/c1-16-7-6-8-17(2)20(16)13-19(23)14-21-11-12-22(15-21)18-9-4-3-5-10-18;/h3-12,15H,13-14H2,1-2H3;1H/q+1;/p-1. The van der Waals surface area contributed by atoms with Gasteiger partial charge in [0.2, 0.25) is 6.33 Å². The van der Waals surface area contributed by atoms with Gasteiger partial charge in [0.1, 0.15) is 24.6 Å². The quantitative estimate of drug-likeness (QED) is 0.577. The second kappa shape index (κ2) is 8.06. The number of imidazole rings is 1. The Morgan fingerprint density at radius 1 is 1.00 bits per heavy atom. The molecule has 0 fully saturated rings. The fourth-order valence-electron chi connectivity index (χ4n) is 2.83. The Labute approximate surface area is 153 Å². The van der Waals surface area contributed by atoms with E-state index in [0.717, 1.165) is 11.3 Å². The lowest BCUT2D eigenvalue weighted by Crippen LogP contribution is -3.00. The molecule has 24 heavy (non-hydrogen) atoms. The molecule has 0 saturated heterocycles. The molecular formula is C20H21BrN2O. The third-order valence-corrected chi connectivity index (χ3v) is 4.12. The van der Waals surface area contributed by atoms with Crippen molar-refractivity contribution in [2.45, 2.75) is 26.8 Å². The van der Waals surface area contributed by atoms with E-state index in [1.807, 2.05) is 64.3 Å². The smallest absolute Gasteiger partial charge is 0.249 e. The first kappa shape index (κ1) is 18.1. The Morgan fingerprint density at radius 2 is 1.67 bits per heavy atom. The van der Waals surface area contributed by atoms with Crippen LogP contribution in [0.5, 0.6) is 0 Å². The van der Waals surface area contributed by atoms with Gasteiger partial charge in [-0.15, -0.1) is 0 Å². The highest BCUT2D eigenvalue weighted by molar-refractivity contribution is 5.80. The Morgan fingerprint density at radius 3 is 2.33 bits per heavy atom. The zero-order valence-corrected chi connectivity index (χ0v) is 15.5. The van der Waals surface area contributed by atoms with Gasteiger partial charge in [-0.1, -0.05) is 36.4 Å². The Balaban J connectivity index is 0.00000208. The molecule has 1 heterocycles. The highest BCUT2D eigenvalue weighted by Crippen LogP contribution is 2.14.